The summed E-state index contributed by atoms with van der Waals surface area (Å²) in [7, 11) is 0. The molecule has 1 N–H and O–H groups in total. The van der Waals surface area contributed by atoms with Gasteiger partial charge >= 0.3 is 0 Å². The topological polar surface area (TPSA) is 24.4 Å². The van der Waals surface area contributed by atoms with Crippen LogP contribution in [-0.2, 0) is 6.42 Å². The summed E-state index contributed by atoms with van der Waals surface area (Å²) >= 11 is 5.87. The molecule has 0 aliphatic carbocycles. The number of rotatable bonds is 3. The van der Waals surface area contributed by atoms with Crippen molar-refractivity contribution in [3.8, 4) is 0 Å². The van der Waals surface area contributed by atoms with E-state index >= 15 is 0 Å². The summed E-state index contributed by atoms with van der Waals surface area (Å²) in [6.45, 7) is 3.21. The first kappa shape index (κ1) is 11.4. The average molecular weight is 241 g/mol. The quantitative estimate of drug-likeness (QED) is 0.863. The van der Waals surface area contributed by atoms with Crippen LogP contribution in [0.25, 0.3) is 0 Å². The van der Waals surface area contributed by atoms with Gasteiger partial charge in [0.1, 0.15) is 12.0 Å². The Morgan fingerprint density at radius 3 is 3.00 bits per heavy atom. The van der Waals surface area contributed by atoms with Gasteiger partial charge in [-0.1, -0.05) is 17.7 Å². The van der Waals surface area contributed by atoms with Crippen molar-refractivity contribution in [1.82, 2.24) is 5.32 Å². The molecule has 1 aliphatic heterocycles. The summed E-state index contributed by atoms with van der Waals surface area (Å²) in [6, 6.07) is 5.35. The Morgan fingerprint density at radius 1 is 1.56 bits per heavy atom. The molecule has 16 heavy (non-hydrogen) atoms. The molecule has 1 aromatic carbocycles. The fourth-order valence-corrected chi connectivity index (χ4v) is 2.02. The summed E-state index contributed by atoms with van der Waals surface area (Å²) in [5.41, 5.74) is 1.61. The second-order valence-corrected chi connectivity index (χ2v) is 4.33. The van der Waals surface area contributed by atoms with Gasteiger partial charge in [-0.15, -0.1) is 0 Å². The van der Waals surface area contributed by atoms with E-state index in [0.29, 0.717) is 17.0 Å². The summed E-state index contributed by atoms with van der Waals surface area (Å²) in [4.78, 5) is 4.30. The molecule has 0 unspecified atom stereocenters. The molecule has 0 amide bonds. The molecule has 1 aromatic rings. The first-order chi connectivity index (χ1) is 7.66. The van der Waals surface area contributed by atoms with Crippen LogP contribution in [-0.4, -0.2) is 18.9 Å². The van der Waals surface area contributed by atoms with Gasteiger partial charge in [0.2, 0.25) is 0 Å². The number of alkyl halides is 1. The Balaban J connectivity index is 2.25. The number of amidine groups is 1. The van der Waals surface area contributed by atoms with E-state index in [1.807, 2.05) is 6.07 Å². The van der Waals surface area contributed by atoms with Gasteiger partial charge in [0.25, 0.3) is 0 Å². The number of hydrogen-bond acceptors (Lipinski definition) is 2. The van der Waals surface area contributed by atoms with Gasteiger partial charge in [-0.25, -0.2) is 4.39 Å². The first-order valence-corrected chi connectivity index (χ1v) is 5.74. The van der Waals surface area contributed by atoms with Crippen LogP contribution in [0.2, 0.25) is 5.02 Å². The summed E-state index contributed by atoms with van der Waals surface area (Å²) < 4.78 is 13.4. The van der Waals surface area contributed by atoms with Crippen molar-refractivity contribution in [2.45, 2.75) is 19.5 Å². The minimum Gasteiger partial charge on any atom is -0.372 e. The first-order valence-electron chi connectivity index (χ1n) is 5.36. The van der Waals surface area contributed by atoms with E-state index in [2.05, 4.69) is 10.3 Å². The maximum Gasteiger partial charge on any atom is 0.123 e. The second kappa shape index (κ2) is 4.83. The van der Waals surface area contributed by atoms with Crippen LogP contribution in [0.4, 0.5) is 4.39 Å². The average Bonchev–Trinajstić information content (AvgIpc) is 2.73. The highest BCUT2D eigenvalue weighted by molar-refractivity contribution is 6.30. The molecule has 2 nitrogen and oxygen atoms in total. The summed E-state index contributed by atoms with van der Waals surface area (Å²) in [5, 5.41) is 3.75. The highest BCUT2D eigenvalue weighted by atomic mass is 35.5. The van der Waals surface area contributed by atoms with Crippen molar-refractivity contribution in [2.24, 2.45) is 4.99 Å². The zero-order valence-corrected chi connectivity index (χ0v) is 9.89. The van der Waals surface area contributed by atoms with Gasteiger partial charge in [0.05, 0.1) is 6.54 Å². The maximum atomic E-state index is 13.4. The van der Waals surface area contributed by atoms with Crippen molar-refractivity contribution in [2.75, 3.05) is 13.1 Å². The molecule has 2 rings (SSSR count). The SMILES string of the molecule is C[C@@H](F)c1cc(Cl)ccc1CC1=NCCN1. The number of nitrogens with zero attached hydrogens (tertiary/aromatic N) is 1. The van der Waals surface area contributed by atoms with Crippen molar-refractivity contribution in [1.29, 1.82) is 0 Å². The van der Waals surface area contributed by atoms with Crippen LogP contribution in [0.15, 0.2) is 23.2 Å². The fraction of sp³-hybridized carbons (Fsp3) is 0.417. The number of aliphatic imine (C=N–C) groups is 1. The number of hydrogen-bond donors (Lipinski definition) is 1. The lowest BCUT2D eigenvalue weighted by Crippen LogP contribution is -2.21. The molecule has 1 atom stereocenters. The Hall–Kier alpha value is -1.09. The molecule has 0 aromatic heterocycles. The molecular weight excluding hydrogens is 227 g/mol. The smallest absolute Gasteiger partial charge is 0.123 e. The van der Waals surface area contributed by atoms with E-state index in [0.717, 1.165) is 24.5 Å². The van der Waals surface area contributed by atoms with Crippen molar-refractivity contribution in [3.05, 3.63) is 34.3 Å². The Bertz CT molecular complexity index is 415. The molecule has 0 radical (unpaired) electrons. The third kappa shape index (κ3) is 2.53. The van der Waals surface area contributed by atoms with E-state index in [1.54, 1.807) is 12.1 Å². The van der Waals surface area contributed by atoms with Gasteiger partial charge in [0.15, 0.2) is 0 Å². The van der Waals surface area contributed by atoms with Crippen molar-refractivity contribution in [3.63, 3.8) is 0 Å². The van der Waals surface area contributed by atoms with Crippen LogP contribution in [0.3, 0.4) is 0 Å². The molecule has 0 fully saturated rings. The second-order valence-electron chi connectivity index (χ2n) is 3.89. The Kier molecular flexibility index (Phi) is 3.44. The Morgan fingerprint density at radius 2 is 2.38 bits per heavy atom. The Labute approximate surface area is 99.5 Å². The van der Waals surface area contributed by atoms with Gasteiger partial charge in [-0.2, -0.15) is 0 Å². The fourth-order valence-electron chi connectivity index (χ4n) is 1.84. The zero-order valence-electron chi connectivity index (χ0n) is 9.13. The highest BCUT2D eigenvalue weighted by Crippen LogP contribution is 2.25. The predicted octanol–water partition coefficient (Wildman–Crippen LogP) is 2.91. The lowest BCUT2D eigenvalue weighted by atomic mass is 10.0. The highest BCUT2D eigenvalue weighted by Gasteiger charge is 2.13. The number of nitrogens with one attached hydrogen (secondary N) is 1. The van der Waals surface area contributed by atoms with E-state index in [-0.39, 0.29) is 0 Å². The zero-order chi connectivity index (χ0) is 11.5. The molecule has 0 bridgehead atoms. The van der Waals surface area contributed by atoms with Crippen LogP contribution >= 0.6 is 11.6 Å². The lowest BCUT2D eigenvalue weighted by molar-refractivity contribution is 0.372. The van der Waals surface area contributed by atoms with E-state index in [4.69, 9.17) is 11.6 Å². The molecule has 0 saturated heterocycles. The summed E-state index contributed by atoms with van der Waals surface area (Å²) in [5.74, 6) is 0.934. The van der Waals surface area contributed by atoms with Crippen LogP contribution in [0, 0.1) is 0 Å². The minimum atomic E-state index is -1.00. The molecule has 0 saturated carbocycles. The largest absolute Gasteiger partial charge is 0.372 e. The lowest BCUT2D eigenvalue weighted by Gasteiger charge is -2.11. The third-order valence-electron chi connectivity index (χ3n) is 2.64. The van der Waals surface area contributed by atoms with E-state index in [9.17, 15) is 4.39 Å². The predicted molar refractivity (Wildman–Crippen MR) is 65.0 cm³/mol. The van der Waals surface area contributed by atoms with E-state index < -0.39 is 6.17 Å². The molecule has 86 valence electrons. The number of halogens is 2. The minimum absolute atomic E-state index is 0.574. The van der Waals surface area contributed by atoms with Crippen LogP contribution in [0.5, 0.6) is 0 Å². The molecule has 1 heterocycles. The molecular formula is C12H14ClFN2. The number of benzene rings is 1. The van der Waals surface area contributed by atoms with E-state index in [1.165, 1.54) is 6.92 Å². The van der Waals surface area contributed by atoms with Gasteiger partial charge in [0, 0.05) is 18.0 Å². The normalized spacial score (nSPS) is 16.8. The monoisotopic (exact) mass is 240 g/mol. The molecule has 4 heteroatoms. The van der Waals surface area contributed by atoms with Crippen LogP contribution < -0.4 is 5.32 Å². The van der Waals surface area contributed by atoms with Crippen molar-refractivity contribution >= 4 is 17.4 Å². The third-order valence-corrected chi connectivity index (χ3v) is 2.87. The standard InChI is InChI=1S/C12H14ClFN2/c1-8(14)11-7-10(13)3-2-9(11)6-12-15-4-5-16-12/h2-3,7-8H,4-6H2,1H3,(H,15,16)/t8-/m1/s1. The molecule has 0 spiro atoms. The van der Waals surface area contributed by atoms with Gasteiger partial charge in [-0.05, 0) is 30.2 Å². The summed E-state index contributed by atoms with van der Waals surface area (Å²) in [6.07, 6.45) is -0.350. The van der Waals surface area contributed by atoms with Gasteiger partial charge in [-0.3, -0.25) is 4.99 Å². The maximum absolute atomic E-state index is 13.4. The van der Waals surface area contributed by atoms with Gasteiger partial charge < -0.3 is 5.32 Å². The van der Waals surface area contributed by atoms with Crippen LogP contribution in [0.1, 0.15) is 24.2 Å². The molecule has 1 aliphatic rings. The van der Waals surface area contributed by atoms with Crippen molar-refractivity contribution < 1.29 is 4.39 Å².